The van der Waals surface area contributed by atoms with Crippen LogP contribution in [0.3, 0.4) is 0 Å². The van der Waals surface area contributed by atoms with E-state index in [1.54, 1.807) is 0 Å². The van der Waals surface area contributed by atoms with Gasteiger partial charge in [0.2, 0.25) is 5.60 Å². The lowest BCUT2D eigenvalue weighted by atomic mass is 9.95. The summed E-state index contributed by atoms with van der Waals surface area (Å²) < 4.78 is 34.2. The number of nitrogens with zero attached hydrogens (tertiary/aromatic N) is 2. The van der Waals surface area contributed by atoms with Crippen LogP contribution in [-0.2, 0) is 33.9 Å². The molecule has 1 fully saturated rings. The van der Waals surface area contributed by atoms with E-state index in [1.807, 2.05) is 5.48 Å². The molecule has 172 valence electrons. The molecule has 1 saturated carbocycles. The number of hydrogen-bond donors (Lipinski definition) is 6. The first kappa shape index (κ1) is 24.4. The quantitative estimate of drug-likeness (QED) is 0.123. The lowest BCUT2D eigenvalue weighted by Crippen LogP contribution is -2.62. The number of carboxylic acid groups (broad SMARTS) is 2. The van der Waals surface area contributed by atoms with Crippen LogP contribution in [0.25, 0.3) is 0 Å². The molecule has 1 aliphatic carbocycles. The molecule has 0 unspecified atom stereocenters. The fourth-order valence-electron chi connectivity index (χ4n) is 2.16. The number of nitrogen functional groups attached to an aromatic ring is 1. The number of amides is 1. The molecule has 1 heterocycles. The number of nitrogens with one attached hydrogen (secondary N) is 2. The van der Waals surface area contributed by atoms with E-state index in [-0.39, 0.29) is 23.7 Å². The summed E-state index contributed by atoms with van der Waals surface area (Å²) in [5.74, 6) is -4.03. The second-order valence-electron chi connectivity index (χ2n) is 6.98. The summed E-state index contributed by atoms with van der Waals surface area (Å²) in [4.78, 5) is 44.6. The Morgan fingerprint density at radius 1 is 1.35 bits per heavy atom. The fraction of sp³-hybridized carbons (Fsp3) is 0.500. The maximum absolute atomic E-state index is 12.8. The number of hydroxylamine groups is 1. The Bertz CT molecular complexity index is 1010. The fourth-order valence-corrected chi connectivity index (χ4v) is 3.03. The van der Waals surface area contributed by atoms with Gasteiger partial charge in [-0.15, -0.1) is 11.3 Å². The molecule has 31 heavy (non-hydrogen) atoms. The third kappa shape index (κ3) is 6.31. The molecule has 2 rings (SSSR count). The topological polar surface area (TPSA) is 240 Å². The van der Waals surface area contributed by atoms with Crippen LogP contribution in [-0.4, -0.2) is 68.9 Å². The van der Waals surface area contributed by atoms with Gasteiger partial charge in [0, 0.05) is 18.2 Å². The lowest BCUT2D eigenvalue weighted by Gasteiger charge is -2.31. The van der Waals surface area contributed by atoms with E-state index in [2.05, 4.69) is 19.7 Å². The summed E-state index contributed by atoms with van der Waals surface area (Å²) in [7, 11) is -4.97. The second kappa shape index (κ2) is 8.71. The Labute approximate surface area is 179 Å². The molecule has 0 aliphatic heterocycles. The molecule has 7 N–H and O–H groups in total. The SMILES string of the molecule is CC(C)(NOS(=O)(=O)O)[C@H](NC(=O)/C(=N\OC1(C(=O)O)CC1)c1csc(N)n1)C(=O)O. The predicted molar refractivity (Wildman–Crippen MR) is 103 cm³/mol. The van der Waals surface area contributed by atoms with Gasteiger partial charge in [-0.3, -0.25) is 9.35 Å². The summed E-state index contributed by atoms with van der Waals surface area (Å²) >= 11 is 0.938. The first-order valence-corrected chi connectivity index (χ1v) is 10.6. The molecule has 0 radical (unpaired) electrons. The maximum Gasteiger partial charge on any atom is 0.413 e. The van der Waals surface area contributed by atoms with Crippen LogP contribution >= 0.6 is 11.3 Å². The average Bonchev–Trinajstić information content (AvgIpc) is 3.32. The van der Waals surface area contributed by atoms with Gasteiger partial charge in [0.05, 0.1) is 5.54 Å². The van der Waals surface area contributed by atoms with Crippen molar-refractivity contribution >= 4 is 50.4 Å². The Kier molecular flexibility index (Phi) is 6.86. The number of rotatable bonds is 11. The van der Waals surface area contributed by atoms with Gasteiger partial charge >= 0.3 is 22.3 Å². The molecule has 15 nitrogen and oxygen atoms in total. The standard InChI is InChI=1S/C14H19N5O10S2/c1-13(2,19-29-31(25,26)27)8(10(21)22)17-9(20)7(6-5-30-12(15)16-6)18-28-14(3-4-14)11(23)24/h5,8,19H,3-4H2,1-2H3,(H2,15,16)(H,17,20)(H,21,22)(H,23,24)(H,25,26,27)/b18-7-/t8-/m1/s1. The van der Waals surface area contributed by atoms with Crippen molar-refractivity contribution in [3.63, 3.8) is 0 Å². The highest BCUT2D eigenvalue weighted by atomic mass is 32.3. The van der Waals surface area contributed by atoms with Crippen molar-refractivity contribution in [3.05, 3.63) is 11.1 Å². The highest BCUT2D eigenvalue weighted by molar-refractivity contribution is 7.80. The molecular formula is C14H19N5O10S2. The van der Waals surface area contributed by atoms with Crippen molar-refractivity contribution < 1.29 is 46.7 Å². The third-order valence-electron chi connectivity index (χ3n) is 4.04. The molecule has 0 aromatic carbocycles. The van der Waals surface area contributed by atoms with Gasteiger partial charge < -0.3 is 26.1 Å². The summed E-state index contributed by atoms with van der Waals surface area (Å²) in [5.41, 5.74) is 3.34. The van der Waals surface area contributed by atoms with Crippen LogP contribution in [0.1, 0.15) is 32.4 Å². The van der Waals surface area contributed by atoms with Crippen molar-refractivity contribution in [2.75, 3.05) is 5.73 Å². The number of thiazole rings is 1. The normalized spacial score (nSPS) is 16.9. The number of carboxylic acids is 2. The monoisotopic (exact) mass is 481 g/mol. The van der Waals surface area contributed by atoms with Crippen molar-refractivity contribution in [2.45, 2.75) is 43.9 Å². The number of hydrogen-bond acceptors (Lipinski definition) is 12. The van der Waals surface area contributed by atoms with Gasteiger partial charge in [-0.25, -0.2) is 14.6 Å². The van der Waals surface area contributed by atoms with E-state index < -0.39 is 51.1 Å². The van der Waals surface area contributed by atoms with Crippen LogP contribution in [0.2, 0.25) is 0 Å². The van der Waals surface area contributed by atoms with E-state index in [0.717, 1.165) is 25.2 Å². The molecular weight excluding hydrogens is 462 g/mol. The van der Waals surface area contributed by atoms with Crippen molar-refractivity contribution in [3.8, 4) is 0 Å². The first-order chi connectivity index (χ1) is 14.2. The molecule has 1 amide bonds. The van der Waals surface area contributed by atoms with Crippen LogP contribution in [0.4, 0.5) is 5.13 Å². The van der Waals surface area contributed by atoms with Crippen LogP contribution < -0.4 is 16.5 Å². The van der Waals surface area contributed by atoms with E-state index in [4.69, 9.17) is 15.1 Å². The van der Waals surface area contributed by atoms with Gasteiger partial charge in [-0.2, -0.15) is 18.2 Å². The summed E-state index contributed by atoms with van der Waals surface area (Å²) in [6.07, 6.45) is 0.309. The zero-order chi connectivity index (χ0) is 23.6. The number of nitrogens with two attached hydrogens (primary N) is 1. The van der Waals surface area contributed by atoms with Crippen molar-refractivity contribution in [1.82, 2.24) is 15.8 Å². The van der Waals surface area contributed by atoms with Gasteiger partial charge in [0.15, 0.2) is 10.8 Å². The highest BCUT2D eigenvalue weighted by Gasteiger charge is 2.54. The van der Waals surface area contributed by atoms with E-state index in [9.17, 15) is 33.0 Å². The lowest BCUT2D eigenvalue weighted by molar-refractivity contribution is -0.153. The zero-order valence-corrected chi connectivity index (χ0v) is 17.7. The smallest absolute Gasteiger partial charge is 0.413 e. The summed E-state index contributed by atoms with van der Waals surface area (Å²) in [6.45, 7) is 2.32. The van der Waals surface area contributed by atoms with Gasteiger partial charge in [0.1, 0.15) is 11.7 Å². The Morgan fingerprint density at radius 3 is 2.39 bits per heavy atom. The minimum absolute atomic E-state index is 0.0493. The Balaban J connectivity index is 2.30. The summed E-state index contributed by atoms with van der Waals surface area (Å²) in [5, 5.41) is 25.7. The number of carbonyl (C=O) groups is 3. The molecule has 1 aromatic rings. The molecule has 1 aromatic heterocycles. The Morgan fingerprint density at radius 2 is 1.97 bits per heavy atom. The van der Waals surface area contributed by atoms with Crippen LogP contribution in [0, 0.1) is 0 Å². The second-order valence-corrected chi connectivity index (χ2v) is 8.89. The predicted octanol–water partition coefficient (Wildman–Crippen LogP) is -1.26. The van der Waals surface area contributed by atoms with E-state index >= 15 is 0 Å². The molecule has 17 heteroatoms. The first-order valence-electron chi connectivity index (χ1n) is 8.34. The number of aliphatic carboxylic acids is 2. The minimum Gasteiger partial charge on any atom is -0.480 e. The molecule has 0 bridgehead atoms. The molecule has 1 atom stereocenters. The molecule has 1 aliphatic rings. The maximum atomic E-state index is 12.8. The van der Waals surface area contributed by atoms with Crippen LogP contribution in [0.15, 0.2) is 10.5 Å². The largest absolute Gasteiger partial charge is 0.480 e. The van der Waals surface area contributed by atoms with Gasteiger partial charge in [-0.1, -0.05) is 5.16 Å². The van der Waals surface area contributed by atoms with E-state index in [1.165, 1.54) is 5.38 Å². The summed E-state index contributed by atoms with van der Waals surface area (Å²) in [6, 6.07) is -1.82. The van der Waals surface area contributed by atoms with Crippen molar-refractivity contribution in [1.29, 1.82) is 0 Å². The number of oxime groups is 1. The van der Waals surface area contributed by atoms with Gasteiger partial charge in [0.25, 0.3) is 5.91 Å². The zero-order valence-electron chi connectivity index (χ0n) is 16.1. The number of anilines is 1. The Hall–Kier alpha value is -2.86. The highest BCUT2D eigenvalue weighted by Crippen LogP contribution is 2.40. The molecule has 0 spiro atoms. The average molecular weight is 481 g/mol. The van der Waals surface area contributed by atoms with Gasteiger partial charge in [-0.05, 0) is 13.8 Å². The van der Waals surface area contributed by atoms with E-state index in [0.29, 0.717) is 0 Å². The minimum atomic E-state index is -4.97. The molecule has 0 saturated heterocycles. The number of carbonyl (C=O) groups excluding carboxylic acids is 1. The number of aromatic nitrogens is 1. The van der Waals surface area contributed by atoms with Crippen molar-refractivity contribution in [2.24, 2.45) is 5.16 Å². The van der Waals surface area contributed by atoms with Crippen LogP contribution in [0.5, 0.6) is 0 Å². The third-order valence-corrected chi connectivity index (χ3v) is 5.01.